The lowest BCUT2D eigenvalue weighted by molar-refractivity contribution is -0.130. The van der Waals surface area contributed by atoms with Crippen LogP contribution in [0, 0.1) is 0 Å². The number of furan rings is 1. The molecule has 0 amide bonds. The van der Waals surface area contributed by atoms with Gasteiger partial charge in [-0.2, -0.15) is 0 Å². The van der Waals surface area contributed by atoms with Gasteiger partial charge in [-0.1, -0.05) is 15.9 Å². The Morgan fingerprint density at radius 3 is 2.73 bits per heavy atom. The van der Waals surface area contributed by atoms with E-state index in [0.29, 0.717) is 16.2 Å². The highest BCUT2D eigenvalue weighted by Gasteiger charge is 2.26. The maximum Gasteiger partial charge on any atom is 0.363 e. The molecular weight excluding hydrogens is 418 g/mol. The molecule has 1 aromatic carbocycles. The standard InChI is InChI=1S/C15H9Br2NO4/c1-20-11-3-2-9(16)6-8(11)7-10-15(19)22-14(18-10)12-4-5-13(17)21-12/h2-7H,1H3/b10-7-. The minimum atomic E-state index is -0.537. The third-order valence-corrected chi connectivity index (χ3v) is 3.81. The molecule has 0 spiro atoms. The Bertz CT molecular complexity index is 808. The Kier molecular flexibility index (Phi) is 4.17. The molecule has 3 rings (SSSR count). The summed E-state index contributed by atoms with van der Waals surface area (Å²) in [7, 11) is 1.56. The van der Waals surface area contributed by atoms with E-state index in [1.165, 1.54) is 0 Å². The van der Waals surface area contributed by atoms with Crippen LogP contribution in [0.25, 0.3) is 6.08 Å². The van der Waals surface area contributed by atoms with Gasteiger partial charge in [0.25, 0.3) is 5.90 Å². The number of methoxy groups -OCH3 is 1. The number of esters is 1. The first-order valence-corrected chi connectivity index (χ1v) is 7.77. The van der Waals surface area contributed by atoms with Crippen molar-refractivity contribution in [2.24, 2.45) is 4.99 Å². The number of nitrogens with zero attached hydrogens (tertiary/aromatic N) is 1. The SMILES string of the molecule is COc1ccc(Br)cc1/C=C1\N=C(c2ccc(Br)o2)OC1=O. The van der Waals surface area contributed by atoms with Crippen molar-refractivity contribution < 1.29 is 18.7 Å². The average molecular weight is 427 g/mol. The van der Waals surface area contributed by atoms with E-state index in [1.807, 2.05) is 12.1 Å². The molecule has 1 aromatic heterocycles. The van der Waals surface area contributed by atoms with Crippen LogP contribution in [0.2, 0.25) is 0 Å². The first kappa shape index (κ1) is 15.1. The molecule has 2 aromatic rings. The summed E-state index contributed by atoms with van der Waals surface area (Å²) in [6.45, 7) is 0. The van der Waals surface area contributed by atoms with Crippen molar-refractivity contribution >= 4 is 49.8 Å². The van der Waals surface area contributed by atoms with Crippen molar-refractivity contribution in [3.05, 3.63) is 56.5 Å². The lowest BCUT2D eigenvalue weighted by Crippen LogP contribution is -2.04. The molecule has 7 heteroatoms. The van der Waals surface area contributed by atoms with Crippen LogP contribution in [0.3, 0.4) is 0 Å². The van der Waals surface area contributed by atoms with Gasteiger partial charge < -0.3 is 13.9 Å². The zero-order valence-corrected chi connectivity index (χ0v) is 14.5. The van der Waals surface area contributed by atoms with Gasteiger partial charge in [-0.15, -0.1) is 0 Å². The van der Waals surface area contributed by atoms with Crippen LogP contribution in [0.5, 0.6) is 5.75 Å². The number of cyclic esters (lactones) is 1. The molecule has 0 atom stereocenters. The molecule has 0 N–H and O–H groups in total. The quantitative estimate of drug-likeness (QED) is 0.546. The molecule has 5 nitrogen and oxygen atoms in total. The maximum atomic E-state index is 11.9. The second-order valence-electron chi connectivity index (χ2n) is 4.33. The summed E-state index contributed by atoms with van der Waals surface area (Å²) >= 11 is 6.58. The molecule has 1 aliphatic rings. The summed E-state index contributed by atoms with van der Waals surface area (Å²) < 4.78 is 17.1. The summed E-state index contributed by atoms with van der Waals surface area (Å²) in [5.41, 5.74) is 0.897. The van der Waals surface area contributed by atoms with Crippen LogP contribution in [-0.4, -0.2) is 19.0 Å². The number of aliphatic imine (C=N–C) groups is 1. The van der Waals surface area contributed by atoms with Gasteiger partial charge in [0.15, 0.2) is 16.1 Å². The smallest absolute Gasteiger partial charge is 0.363 e. The van der Waals surface area contributed by atoms with Crippen LogP contribution in [0.4, 0.5) is 0 Å². The maximum absolute atomic E-state index is 11.9. The van der Waals surface area contributed by atoms with Gasteiger partial charge in [0.05, 0.1) is 7.11 Å². The highest BCUT2D eigenvalue weighted by atomic mass is 79.9. The number of carbonyl (C=O) groups excluding carboxylic acids is 1. The van der Waals surface area contributed by atoms with E-state index >= 15 is 0 Å². The predicted molar refractivity (Wildman–Crippen MR) is 87.7 cm³/mol. The Labute approximate surface area is 142 Å². The van der Waals surface area contributed by atoms with Crippen molar-refractivity contribution in [3.8, 4) is 5.75 Å². The normalized spacial score (nSPS) is 15.9. The Hall–Kier alpha value is -1.86. The van der Waals surface area contributed by atoms with Crippen LogP contribution in [0.1, 0.15) is 11.3 Å². The topological polar surface area (TPSA) is 61.0 Å². The predicted octanol–water partition coefficient (Wildman–Crippen LogP) is 4.16. The Morgan fingerprint density at radius 1 is 1.23 bits per heavy atom. The molecule has 0 radical (unpaired) electrons. The molecule has 112 valence electrons. The van der Waals surface area contributed by atoms with Crippen LogP contribution >= 0.6 is 31.9 Å². The second kappa shape index (κ2) is 6.10. The summed E-state index contributed by atoms with van der Waals surface area (Å²) in [4.78, 5) is 16.1. The molecule has 1 aliphatic heterocycles. The molecule has 2 heterocycles. The molecule has 22 heavy (non-hydrogen) atoms. The van der Waals surface area contributed by atoms with Gasteiger partial charge in [-0.05, 0) is 52.3 Å². The summed E-state index contributed by atoms with van der Waals surface area (Å²) in [6.07, 6.45) is 1.61. The monoisotopic (exact) mass is 425 g/mol. The molecule has 0 unspecified atom stereocenters. The Balaban J connectivity index is 1.99. The van der Waals surface area contributed by atoms with E-state index in [2.05, 4.69) is 36.9 Å². The van der Waals surface area contributed by atoms with Gasteiger partial charge in [-0.3, -0.25) is 0 Å². The van der Waals surface area contributed by atoms with Crippen LogP contribution in [0.15, 0.2) is 54.6 Å². The number of carbonyl (C=O) groups is 1. The fraction of sp³-hybridized carbons (Fsp3) is 0.0667. The number of rotatable bonds is 3. The molecule has 0 aliphatic carbocycles. The largest absolute Gasteiger partial charge is 0.496 e. The second-order valence-corrected chi connectivity index (χ2v) is 6.02. The molecule has 0 saturated heterocycles. The fourth-order valence-corrected chi connectivity index (χ4v) is 2.59. The van der Waals surface area contributed by atoms with Gasteiger partial charge >= 0.3 is 5.97 Å². The molecular formula is C15H9Br2NO4. The van der Waals surface area contributed by atoms with E-state index in [9.17, 15) is 4.79 Å². The molecule has 0 saturated carbocycles. The fourth-order valence-electron chi connectivity index (χ4n) is 1.91. The summed E-state index contributed by atoms with van der Waals surface area (Å²) in [5, 5.41) is 0. The number of hydrogen-bond acceptors (Lipinski definition) is 5. The van der Waals surface area contributed by atoms with Gasteiger partial charge in [0.1, 0.15) is 5.75 Å². The number of benzene rings is 1. The van der Waals surface area contributed by atoms with E-state index in [1.54, 1.807) is 31.4 Å². The zero-order chi connectivity index (χ0) is 15.7. The van der Waals surface area contributed by atoms with Crippen molar-refractivity contribution in [3.63, 3.8) is 0 Å². The Morgan fingerprint density at radius 2 is 2.05 bits per heavy atom. The highest BCUT2D eigenvalue weighted by molar-refractivity contribution is 9.10. The van der Waals surface area contributed by atoms with Crippen molar-refractivity contribution in [2.45, 2.75) is 0 Å². The summed E-state index contributed by atoms with van der Waals surface area (Å²) in [5.74, 6) is 0.609. The molecule has 0 fully saturated rings. The number of ether oxygens (including phenoxy) is 2. The van der Waals surface area contributed by atoms with Gasteiger partial charge in [-0.25, -0.2) is 9.79 Å². The van der Waals surface area contributed by atoms with Crippen LogP contribution < -0.4 is 4.74 Å². The average Bonchev–Trinajstić information content (AvgIpc) is 3.06. The van der Waals surface area contributed by atoms with Crippen LogP contribution in [-0.2, 0) is 9.53 Å². The van der Waals surface area contributed by atoms with E-state index in [-0.39, 0.29) is 11.6 Å². The lowest BCUT2D eigenvalue weighted by Gasteiger charge is -2.04. The van der Waals surface area contributed by atoms with Gasteiger partial charge in [0, 0.05) is 10.0 Å². The zero-order valence-electron chi connectivity index (χ0n) is 11.3. The van der Waals surface area contributed by atoms with Crippen molar-refractivity contribution in [1.29, 1.82) is 0 Å². The number of halogens is 2. The van der Waals surface area contributed by atoms with Crippen molar-refractivity contribution in [2.75, 3.05) is 7.11 Å². The highest BCUT2D eigenvalue weighted by Crippen LogP contribution is 2.28. The summed E-state index contributed by atoms with van der Waals surface area (Å²) in [6, 6.07) is 8.84. The van der Waals surface area contributed by atoms with Gasteiger partial charge in [0.2, 0.25) is 0 Å². The minimum Gasteiger partial charge on any atom is -0.496 e. The van der Waals surface area contributed by atoms with E-state index < -0.39 is 5.97 Å². The minimum absolute atomic E-state index is 0.135. The molecule has 0 bridgehead atoms. The third kappa shape index (κ3) is 3.00. The first-order chi connectivity index (χ1) is 10.6. The van der Waals surface area contributed by atoms with E-state index in [0.717, 1.165) is 10.0 Å². The van der Waals surface area contributed by atoms with E-state index in [4.69, 9.17) is 13.9 Å². The third-order valence-electron chi connectivity index (χ3n) is 2.89. The van der Waals surface area contributed by atoms with Crippen molar-refractivity contribution in [1.82, 2.24) is 0 Å². The first-order valence-electron chi connectivity index (χ1n) is 6.18. The lowest BCUT2D eigenvalue weighted by atomic mass is 10.1. The number of hydrogen-bond donors (Lipinski definition) is 0.